The number of nitrogens with zero attached hydrogens (tertiary/aromatic N) is 2. The summed E-state index contributed by atoms with van der Waals surface area (Å²) in [5.74, 6) is 0.667. The van der Waals surface area contributed by atoms with Crippen LogP contribution in [-0.2, 0) is 14.8 Å². The first-order valence-electron chi connectivity index (χ1n) is 10.6. The van der Waals surface area contributed by atoms with Crippen molar-refractivity contribution in [3.8, 4) is 11.5 Å². The van der Waals surface area contributed by atoms with Gasteiger partial charge in [0.05, 0.1) is 16.8 Å². The minimum Gasteiger partial charge on any atom is -0.454 e. The Bertz CT molecular complexity index is 1350. The van der Waals surface area contributed by atoms with Crippen molar-refractivity contribution in [2.24, 2.45) is 5.10 Å². The molecule has 1 amide bonds. The molecule has 0 aromatic heterocycles. The first-order chi connectivity index (χ1) is 16.3. The molecule has 1 aliphatic rings. The number of sulfonamides is 1. The van der Waals surface area contributed by atoms with E-state index in [2.05, 4.69) is 10.5 Å². The summed E-state index contributed by atoms with van der Waals surface area (Å²) in [7, 11) is -4.00. The van der Waals surface area contributed by atoms with Crippen LogP contribution in [0.15, 0.2) is 70.7 Å². The third-order valence-electron chi connectivity index (χ3n) is 5.54. The van der Waals surface area contributed by atoms with Crippen molar-refractivity contribution in [1.82, 2.24) is 5.43 Å². The monoisotopic (exact) mass is 479 g/mol. The lowest BCUT2D eigenvalue weighted by Gasteiger charge is -2.26. The number of hydrogen-bond acceptors (Lipinski definition) is 6. The second-order valence-corrected chi connectivity index (χ2v) is 9.81. The number of amides is 1. The molecule has 34 heavy (non-hydrogen) atoms. The van der Waals surface area contributed by atoms with Crippen LogP contribution >= 0.6 is 0 Å². The normalized spacial score (nSPS) is 12.7. The maximum atomic E-state index is 13.5. The second kappa shape index (κ2) is 9.56. The quantitative estimate of drug-likeness (QED) is 0.412. The SMILES string of the molecule is Cc1ccc(S(=O)(=O)N(CC(=O)N/N=C\c2ccc3c(c2)OCO3)c2cccc(C)c2C)cc1. The number of anilines is 1. The van der Waals surface area contributed by atoms with Crippen molar-refractivity contribution >= 4 is 27.8 Å². The zero-order valence-electron chi connectivity index (χ0n) is 19.1. The van der Waals surface area contributed by atoms with Gasteiger partial charge in [0, 0.05) is 0 Å². The van der Waals surface area contributed by atoms with Gasteiger partial charge in [-0.15, -0.1) is 0 Å². The highest BCUT2D eigenvalue weighted by Gasteiger charge is 2.28. The summed E-state index contributed by atoms with van der Waals surface area (Å²) >= 11 is 0. The van der Waals surface area contributed by atoms with E-state index in [9.17, 15) is 13.2 Å². The molecule has 3 aromatic rings. The van der Waals surface area contributed by atoms with Crippen LogP contribution in [0.25, 0.3) is 0 Å². The van der Waals surface area contributed by atoms with E-state index in [1.807, 2.05) is 26.8 Å². The summed E-state index contributed by atoms with van der Waals surface area (Å²) in [5.41, 5.74) is 6.19. The van der Waals surface area contributed by atoms with Gasteiger partial charge in [0.2, 0.25) is 6.79 Å². The number of carbonyl (C=O) groups is 1. The number of hydrogen-bond donors (Lipinski definition) is 1. The summed E-state index contributed by atoms with van der Waals surface area (Å²) in [6.07, 6.45) is 1.45. The number of nitrogens with one attached hydrogen (secondary N) is 1. The Morgan fingerprint density at radius 2 is 1.76 bits per heavy atom. The van der Waals surface area contributed by atoms with Gasteiger partial charge in [0.25, 0.3) is 15.9 Å². The highest BCUT2D eigenvalue weighted by molar-refractivity contribution is 7.92. The molecule has 0 unspecified atom stereocenters. The maximum Gasteiger partial charge on any atom is 0.264 e. The Balaban J connectivity index is 1.57. The first-order valence-corrected chi connectivity index (χ1v) is 12.1. The summed E-state index contributed by atoms with van der Waals surface area (Å²) < 4.78 is 38.8. The molecule has 0 bridgehead atoms. The van der Waals surface area contributed by atoms with E-state index in [0.717, 1.165) is 21.0 Å². The van der Waals surface area contributed by atoms with Gasteiger partial charge < -0.3 is 9.47 Å². The van der Waals surface area contributed by atoms with Crippen molar-refractivity contribution in [2.45, 2.75) is 25.7 Å². The van der Waals surface area contributed by atoms with Gasteiger partial charge in [-0.2, -0.15) is 5.10 Å². The minimum absolute atomic E-state index is 0.107. The van der Waals surface area contributed by atoms with Crippen LogP contribution in [0.2, 0.25) is 0 Å². The molecule has 0 atom stereocenters. The molecule has 0 fully saturated rings. The van der Waals surface area contributed by atoms with Gasteiger partial charge in [0.1, 0.15) is 6.54 Å². The predicted octanol–water partition coefficient (Wildman–Crippen LogP) is 3.69. The lowest BCUT2D eigenvalue weighted by Crippen LogP contribution is -2.40. The Kier molecular flexibility index (Phi) is 6.56. The molecule has 0 spiro atoms. The molecule has 8 nitrogen and oxygen atoms in total. The van der Waals surface area contributed by atoms with E-state index < -0.39 is 22.5 Å². The fraction of sp³-hybridized carbons (Fsp3) is 0.200. The molecule has 4 rings (SSSR count). The number of rotatable bonds is 7. The van der Waals surface area contributed by atoms with E-state index >= 15 is 0 Å². The van der Waals surface area contributed by atoms with E-state index in [1.165, 1.54) is 6.21 Å². The lowest BCUT2D eigenvalue weighted by atomic mass is 10.1. The standard InChI is InChI=1S/C25H25N3O5S/c1-17-7-10-21(11-8-17)34(30,31)28(22-6-4-5-18(2)19(22)3)15-25(29)27-26-14-20-9-12-23-24(13-20)33-16-32-23/h4-14H,15-16H2,1-3H3,(H,27,29)/b26-14-. The number of benzene rings is 3. The van der Waals surface area contributed by atoms with Gasteiger partial charge in [-0.1, -0.05) is 29.8 Å². The van der Waals surface area contributed by atoms with Gasteiger partial charge in [0.15, 0.2) is 11.5 Å². The smallest absolute Gasteiger partial charge is 0.264 e. The summed E-state index contributed by atoms with van der Waals surface area (Å²) in [5, 5.41) is 3.98. The van der Waals surface area contributed by atoms with Crippen LogP contribution in [0.1, 0.15) is 22.3 Å². The van der Waals surface area contributed by atoms with Crippen LogP contribution in [-0.4, -0.2) is 33.9 Å². The molecule has 0 radical (unpaired) electrons. The number of carbonyl (C=O) groups excluding carboxylic acids is 1. The molecule has 0 saturated carbocycles. The molecule has 0 aliphatic carbocycles. The van der Waals surface area contributed by atoms with Crippen molar-refractivity contribution in [3.05, 3.63) is 82.9 Å². The Morgan fingerprint density at radius 3 is 2.53 bits per heavy atom. The number of ether oxygens (including phenoxy) is 2. The van der Waals surface area contributed by atoms with Crippen molar-refractivity contribution in [1.29, 1.82) is 0 Å². The van der Waals surface area contributed by atoms with E-state index in [4.69, 9.17) is 9.47 Å². The van der Waals surface area contributed by atoms with Crippen LogP contribution < -0.4 is 19.2 Å². The van der Waals surface area contributed by atoms with Gasteiger partial charge in [-0.3, -0.25) is 9.10 Å². The van der Waals surface area contributed by atoms with Crippen LogP contribution in [0.4, 0.5) is 5.69 Å². The molecule has 1 N–H and O–H groups in total. The Hall–Kier alpha value is -3.85. The maximum absolute atomic E-state index is 13.5. The lowest BCUT2D eigenvalue weighted by molar-refractivity contribution is -0.119. The largest absolute Gasteiger partial charge is 0.454 e. The highest BCUT2D eigenvalue weighted by Crippen LogP contribution is 2.32. The fourth-order valence-electron chi connectivity index (χ4n) is 3.48. The number of aryl methyl sites for hydroxylation is 2. The van der Waals surface area contributed by atoms with Gasteiger partial charge in [-0.05, 0) is 73.9 Å². The third kappa shape index (κ3) is 4.89. The Labute approximate surface area is 198 Å². The zero-order valence-corrected chi connectivity index (χ0v) is 19.9. The molecule has 1 heterocycles. The van der Waals surface area contributed by atoms with Gasteiger partial charge >= 0.3 is 0 Å². The average molecular weight is 480 g/mol. The molecule has 0 saturated heterocycles. The average Bonchev–Trinajstić information content (AvgIpc) is 3.28. The molecule has 176 valence electrons. The van der Waals surface area contributed by atoms with Crippen LogP contribution in [0, 0.1) is 20.8 Å². The van der Waals surface area contributed by atoms with Crippen molar-refractivity contribution in [2.75, 3.05) is 17.6 Å². The third-order valence-corrected chi connectivity index (χ3v) is 7.31. The highest BCUT2D eigenvalue weighted by atomic mass is 32.2. The predicted molar refractivity (Wildman–Crippen MR) is 130 cm³/mol. The minimum atomic E-state index is -4.00. The van der Waals surface area contributed by atoms with Gasteiger partial charge in [-0.25, -0.2) is 13.8 Å². The summed E-state index contributed by atoms with van der Waals surface area (Å²) in [6, 6.07) is 17.1. The second-order valence-electron chi connectivity index (χ2n) is 7.95. The molecule has 1 aliphatic heterocycles. The van der Waals surface area contributed by atoms with Crippen LogP contribution in [0.5, 0.6) is 11.5 Å². The Morgan fingerprint density at radius 1 is 1.03 bits per heavy atom. The number of fused-ring (bicyclic) bond motifs is 1. The molecular weight excluding hydrogens is 454 g/mol. The first kappa shape index (κ1) is 23.3. The molecule has 3 aromatic carbocycles. The van der Waals surface area contributed by atoms with E-state index in [1.54, 1.807) is 54.6 Å². The topological polar surface area (TPSA) is 97.3 Å². The summed E-state index contributed by atoms with van der Waals surface area (Å²) in [4.78, 5) is 12.9. The van der Waals surface area contributed by atoms with Crippen molar-refractivity contribution in [3.63, 3.8) is 0 Å². The fourth-order valence-corrected chi connectivity index (χ4v) is 4.96. The molecule has 9 heteroatoms. The number of hydrazone groups is 1. The summed E-state index contributed by atoms with van der Waals surface area (Å²) in [6.45, 7) is 5.34. The molecular formula is C25H25N3O5S. The van der Waals surface area contributed by atoms with Crippen LogP contribution in [0.3, 0.4) is 0 Å². The van der Waals surface area contributed by atoms with Crippen molar-refractivity contribution < 1.29 is 22.7 Å². The zero-order chi connectivity index (χ0) is 24.3. The van der Waals surface area contributed by atoms with E-state index in [0.29, 0.717) is 22.7 Å². The van der Waals surface area contributed by atoms with E-state index in [-0.39, 0.29) is 11.7 Å².